The van der Waals surface area contributed by atoms with E-state index >= 15 is 0 Å². The smallest absolute Gasteiger partial charge is 0.381 e. The molecule has 17 heavy (non-hydrogen) atoms. The first-order valence-electron chi connectivity index (χ1n) is 5.28. The number of fused-ring (bicyclic) bond motifs is 2. The molecule has 0 aromatic heterocycles. The van der Waals surface area contributed by atoms with Crippen LogP contribution in [0.15, 0.2) is 11.8 Å². The van der Waals surface area contributed by atoms with Gasteiger partial charge in [-0.05, 0) is 30.3 Å². The minimum Gasteiger partial charge on any atom is -0.381 e. The van der Waals surface area contributed by atoms with Crippen LogP contribution in [-0.4, -0.2) is 13.9 Å². The second kappa shape index (κ2) is 3.40. The molecule has 3 nitrogen and oxygen atoms in total. The van der Waals surface area contributed by atoms with Gasteiger partial charge in [-0.15, -0.1) is 0 Å². The average molecular weight is 270 g/mol. The van der Waals surface area contributed by atoms with Crippen molar-refractivity contribution >= 4 is 10.1 Å². The van der Waals surface area contributed by atoms with Crippen LogP contribution in [0.25, 0.3) is 0 Å². The molecule has 2 aliphatic rings. The van der Waals surface area contributed by atoms with E-state index in [1.165, 1.54) is 6.08 Å². The van der Waals surface area contributed by atoms with Crippen molar-refractivity contribution in [1.82, 2.24) is 0 Å². The second-order valence-corrected chi connectivity index (χ2v) is 6.65. The van der Waals surface area contributed by atoms with Gasteiger partial charge in [-0.2, -0.15) is 21.6 Å². The number of hydrogen-bond acceptors (Lipinski definition) is 3. The summed E-state index contributed by atoms with van der Waals surface area (Å²) in [6.45, 7) is 3.84. The molecule has 0 aromatic carbocycles. The summed E-state index contributed by atoms with van der Waals surface area (Å²) in [6.07, 6.45) is 3.07. The third kappa shape index (κ3) is 1.84. The van der Waals surface area contributed by atoms with Crippen LogP contribution in [0.2, 0.25) is 0 Å². The lowest BCUT2D eigenvalue weighted by Gasteiger charge is -2.25. The van der Waals surface area contributed by atoms with Crippen LogP contribution in [-0.2, 0) is 14.3 Å². The molecular weight excluding hydrogens is 257 g/mol. The zero-order valence-electron chi connectivity index (χ0n) is 9.41. The molecule has 0 unspecified atom stereocenters. The van der Waals surface area contributed by atoms with E-state index in [0.29, 0.717) is 6.42 Å². The normalized spacial score (nSPS) is 31.5. The first-order chi connectivity index (χ1) is 7.56. The highest BCUT2D eigenvalue weighted by molar-refractivity contribution is 7.87. The molecule has 0 spiro atoms. The Bertz CT molecular complexity index is 462. The fraction of sp³-hybridized carbons (Fsp3) is 0.800. The Morgan fingerprint density at radius 1 is 1.35 bits per heavy atom. The third-order valence-corrected chi connectivity index (χ3v) is 4.80. The van der Waals surface area contributed by atoms with Crippen molar-refractivity contribution in [3.05, 3.63) is 11.8 Å². The summed E-state index contributed by atoms with van der Waals surface area (Å²) >= 11 is 0. The van der Waals surface area contributed by atoms with Crippen molar-refractivity contribution in [1.29, 1.82) is 0 Å². The average Bonchev–Trinajstić information content (AvgIpc) is 2.51. The number of allylic oxidation sites excluding steroid dienone is 2. The zero-order chi connectivity index (χ0) is 13.1. The summed E-state index contributed by atoms with van der Waals surface area (Å²) in [5.41, 5.74) is -5.57. The fourth-order valence-corrected chi connectivity index (χ4v) is 3.25. The predicted molar refractivity (Wildman–Crippen MR) is 54.1 cm³/mol. The highest BCUT2D eigenvalue weighted by Crippen LogP contribution is 2.57. The Kier molecular flexibility index (Phi) is 2.54. The van der Waals surface area contributed by atoms with Gasteiger partial charge in [0, 0.05) is 5.92 Å². The molecule has 0 N–H and O–H groups in total. The van der Waals surface area contributed by atoms with E-state index in [1.807, 2.05) is 13.8 Å². The monoisotopic (exact) mass is 270 g/mol. The SMILES string of the molecule is CC1(C)[C@@H]2C=C(OS(=O)(=O)C(F)(F)F)[C@H]1CC2. The first kappa shape index (κ1) is 12.7. The maximum Gasteiger partial charge on any atom is 0.534 e. The Balaban J connectivity index is 2.22. The number of hydrogen-bond donors (Lipinski definition) is 0. The van der Waals surface area contributed by atoms with Crippen molar-refractivity contribution < 1.29 is 25.8 Å². The van der Waals surface area contributed by atoms with E-state index in [1.54, 1.807) is 0 Å². The van der Waals surface area contributed by atoms with Gasteiger partial charge < -0.3 is 4.18 Å². The minimum absolute atomic E-state index is 0.0384. The summed E-state index contributed by atoms with van der Waals surface area (Å²) in [7, 11) is -5.52. The maximum absolute atomic E-state index is 12.2. The molecule has 98 valence electrons. The molecule has 1 fully saturated rings. The molecule has 2 rings (SSSR count). The largest absolute Gasteiger partial charge is 0.534 e. The van der Waals surface area contributed by atoms with E-state index in [4.69, 9.17) is 0 Å². The molecular formula is C10H13F3O3S. The van der Waals surface area contributed by atoms with E-state index in [0.717, 1.165) is 6.42 Å². The predicted octanol–water partition coefficient (Wildman–Crippen LogP) is 2.80. The highest BCUT2D eigenvalue weighted by Gasteiger charge is 2.54. The Morgan fingerprint density at radius 2 is 1.94 bits per heavy atom. The summed E-state index contributed by atoms with van der Waals surface area (Å²) < 4.78 is 62.6. The number of alkyl halides is 3. The standard InChI is InChI=1S/C10H13F3O3S/c1-9(2)6-3-4-7(9)8(5-6)16-17(14,15)10(11,12)13/h5-7H,3-4H2,1-2H3/t6-,7+/m0/s1. The van der Waals surface area contributed by atoms with Gasteiger partial charge in [0.15, 0.2) is 0 Å². The van der Waals surface area contributed by atoms with Gasteiger partial charge in [0.2, 0.25) is 0 Å². The van der Waals surface area contributed by atoms with Gasteiger partial charge in [0.1, 0.15) is 5.76 Å². The maximum atomic E-state index is 12.2. The number of rotatable bonds is 2. The van der Waals surface area contributed by atoms with Gasteiger partial charge in [-0.25, -0.2) is 0 Å². The molecule has 1 saturated carbocycles. The molecule has 2 bridgehead atoms. The Hall–Kier alpha value is -0.720. The van der Waals surface area contributed by atoms with E-state index in [-0.39, 0.29) is 23.0 Å². The lowest BCUT2D eigenvalue weighted by Crippen LogP contribution is -2.27. The third-order valence-electron chi connectivity index (χ3n) is 3.82. The van der Waals surface area contributed by atoms with Gasteiger partial charge >= 0.3 is 15.6 Å². The lowest BCUT2D eigenvalue weighted by atomic mass is 9.81. The minimum atomic E-state index is -5.52. The fourth-order valence-electron chi connectivity index (χ4n) is 2.73. The quantitative estimate of drug-likeness (QED) is 0.572. The first-order valence-corrected chi connectivity index (χ1v) is 6.69. The van der Waals surface area contributed by atoms with Crippen LogP contribution in [0.4, 0.5) is 13.2 Å². The van der Waals surface area contributed by atoms with Gasteiger partial charge in [-0.1, -0.05) is 13.8 Å². The van der Waals surface area contributed by atoms with Crippen LogP contribution >= 0.6 is 0 Å². The number of halogens is 3. The van der Waals surface area contributed by atoms with E-state index in [2.05, 4.69) is 4.18 Å². The molecule has 0 amide bonds. The Morgan fingerprint density at radius 3 is 2.29 bits per heavy atom. The van der Waals surface area contributed by atoms with Gasteiger partial charge in [0.05, 0.1) is 0 Å². The van der Waals surface area contributed by atoms with Crippen LogP contribution in [0.5, 0.6) is 0 Å². The van der Waals surface area contributed by atoms with Crippen molar-refractivity contribution in [2.75, 3.05) is 0 Å². The van der Waals surface area contributed by atoms with Crippen molar-refractivity contribution in [2.45, 2.75) is 32.2 Å². The van der Waals surface area contributed by atoms with Crippen LogP contribution in [0.3, 0.4) is 0 Å². The van der Waals surface area contributed by atoms with E-state index < -0.39 is 15.6 Å². The summed E-state index contributed by atoms with van der Waals surface area (Å²) in [5, 5.41) is 0. The lowest BCUT2D eigenvalue weighted by molar-refractivity contribution is -0.0528. The summed E-state index contributed by atoms with van der Waals surface area (Å²) in [5.74, 6) is -0.167. The summed E-state index contributed by atoms with van der Waals surface area (Å²) in [4.78, 5) is 0. The van der Waals surface area contributed by atoms with Crippen molar-refractivity contribution in [3.63, 3.8) is 0 Å². The molecule has 0 aromatic rings. The molecule has 0 aliphatic heterocycles. The zero-order valence-corrected chi connectivity index (χ0v) is 10.2. The molecule has 7 heteroatoms. The van der Waals surface area contributed by atoms with E-state index in [9.17, 15) is 21.6 Å². The van der Waals surface area contributed by atoms with Crippen molar-refractivity contribution in [2.24, 2.45) is 17.3 Å². The van der Waals surface area contributed by atoms with Gasteiger partial charge in [0.25, 0.3) is 0 Å². The Labute approximate surface area is 97.8 Å². The molecule has 2 aliphatic carbocycles. The topological polar surface area (TPSA) is 43.4 Å². The highest BCUT2D eigenvalue weighted by atomic mass is 32.2. The van der Waals surface area contributed by atoms with Gasteiger partial charge in [-0.3, -0.25) is 0 Å². The van der Waals surface area contributed by atoms with Crippen LogP contribution < -0.4 is 0 Å². The summed E-state index contributed by atoms with van der Waals surface area (Å²) in [6, 6.07) is 0. The molecule has 0 heterocycles. The molecule has 0 saturated heterocycles. The van der Waals surface area contributed by atoms with Crippen LogP contribution in [0.1, 0.15) is 26.7 Å². The molecule has 2 atom stereocenters. The van der Waals surface area contributed by atoms with Crippen LogP contribution in [0, 0.1) is 17.3 Å². The molecule has 0 radical (unpaired) electrons. The second-order valence-electron chi connectivity index (χ2n) is 5.11. The van der Waals surface area contributed by atoms with Crippen molar-refractivity contribution in [3.8, 4) is 0 Å².